The number of hydrogen-bond donors (Lipinski definition) is 1. The minimum Gasteiger partial charge on any atom is -0.306 e. The molecule has 16 heavy (non-hydrogen) atoms. The van der Waals surface area contributed by atoms with Crippen molar-refractivity contribution in [3.8, 4) is 0 Å². The van der Waals surface area contributed by atoms with Crippen LogP contribution in [0, 0.1) is 13.8 Å². The predicted molar refractivity (Wildman–Crippen MR) is 74.2 cm³/mol. The van der Waals surface area contributed by atoms with Gasteiger partial charge in [-0.25, -0.2) is 4.98 Å². The van der Waals surface area contributed by atoms with Gasteiger partial charge in [0.25, 0.3) is 0 Å². The van der Waals surface area contributed by atoms with E-state index in [1.165, 1.54) is 19.2 Å². The molecule has 0 aromatic carbocycles. The quantitative estimate of drug-likeness (QED) is 0.926. The molecule has 0 aliphatic carbocycles. The maximum Gasteiger partial charge on any atom is 0.107 e. The van der Waals surface area contributed by atoms with Gasteiger partial charge >= 0.3 is 0 Å². The van der Waals surface area contributed by atoms with Crippen LogP contribution in [-0.4, -0.2) is 4.98 Å². The largest absolute Gasteiger partial charge is 0.306 e. The molecule has 5 heteroatoms. The summed E-state index contributed by atoms with van der Waals surface area (Å²) >= 11 is 6.96. The van der Waals surface area contributed by atoms with Crippen molar-refractivity contribution in [1.82, 2.24) is 10.3 Å². The summed E-state index contributed by atoms with van der Waals surface area (Å²) in [7, 11) is 0. The standard InChI is InChI=1S/C11H13BrN2S2/c1-7-8(2)16-11(14-7)5-13-4-9-3-10(12)15-6-9/h3,6,13H,4-5H2,1-2H3. The van der Waals surface area contributed by atoms with Crippen LogP contribution in [0.4, 0.5) is 0 Å². The zero-order valence-corrected chi connectivity index (χ0v) is 12.4. The second kappa shape index (κ2) is 5.40. The van der Waals surface area contributed by atoms with Gasteiger partial charge in [0.05, 0.1) is 9.48 Å². The molecule has 1 N–H and O–H groups in total. The Morgan fingerprint density at radius 3 is 2.75 bits per heavy atom. The van der Waals surface area contributed by atoms with Crippen molar-refractivity contribution in [2.45, 2.75) is 26.9 Å². The Balaban J connectivity index is 1.84. The van der Waals surface area contributed by atoms with Crippen molar-refractivity contribution in [2.24, 2.45) is 0 Å². The molecule has 0 aliphatic rings. The molecule has 2 rings (SSSR count). The molecule has 0 saturated carbocycles. The van der Waals surface area contributed by atoms with E-state index in [2.05, 4.69) is 51.5 Å². The number of aromatic nitrogens is 1. The summed E-state index contributed by atoms with van der Waals surface area (Å²) in [6.45, 7) is 5.93. The molecule has 0 fully saturated rings. The minimum absolute atomic E-state index is 0.854. The Morgan fingerprint density at radius 2 is 2.19 bits per heavy atom. The Kier molecular flexibility index (Phi) is 4.13. The zero-order valence-electron chi connectivity index (χ0n) is 9.21. The fraction of sp³-hybridized carbons (Fsp3) is 0.364. The summed E-state index contributed by atoms with van der Waals surface area (Å²) in [5.41, 5.74) is 2.47. The molecule has 2 aromatic heterocycles. The van der Waals surface area contributed by atoms with Gasteiger partial charge in [0.1, 0.15) is 5.01 Å². The van der Waals surface area contributed by atoms with E-state index < -0.39 is 0 Å². The van der Waals surface area contributed by atoms with Crippen molar-refractivity contribution in [2.75, 3.05) is 0 Å². The lowest BCUT2D eigenvalue weighted by Gasteiger charge is -1.99. The molecule has 0 radical (unpaired) electrons. The van der Waals surface area contributed by atoms with Gasteiger partial charge in [-0.1, -0.05) is 0 Å². The average molecular weight is 317 g/mol. The molecule has 0 bridgehead atoms. The molecular weight excluding hydrogens is 304 g/mol. The summed E-state index contributed by atoms with van der Waals surface area (Å²) in [5, 5.41) is 6.74. The lowest BCUT2D eigenvalue weighted by Crippen LogP contribution is -2.11. The van der Waals surface area contributed by atoms with Crippen molar-refractivity contribution in [3.63, 3.8) is 0 Å². The van der Waals surface area contributed by atoms with Crippen LogP contribution >= 0.6 is 38.6 Å². The Hall–Kier alpha value is -0.230. The number of thiazole rings is 1. The second-order valence-electron chi connectivity index (χ2n) is 3.61. The molecule has 0 saturated heterocycles. The predicted octanol–water partition coefficient (Wildman–Crippen LogP) is 3.87. The highest BCUT2D eigenvalue weighted by Crippen LogP contribution is 2.21. The third kappa shape index (κ3) is 3.13. The second-order valence-corrected chi connectivity index (χ2v) is 7.19. The first kappa shape index (κ1) is 12.2. The summed E-state index contributed by atoms with van der Waals surface area (Å²) in [6, 6.07) is 2.15. The number of nitrogens with one attached hydrogen (secondary N) is 1. The lowest BCUT2D eigenvalue weighted by molar-refractivity contribution is 0.690. The van der Waals surface area contributed by atoms with E-state index in [9.17, 15) is 0 Å². The highest BCUT2D eigenvalue weighted by molar-refractivity contribution is 9.11. The van der Waals surface area contributed by atoms with Crippen LogP contribution in [0.3, 0.4) is 0 Å². The third-order valence-electron chi connectivity index (χ3n) is 2.30. The van der Waals surface area contributed by atoms with Crippen LogP contribution in [0.25, 0.3) is 0 Å². The Bertz CT molecular complexity index is 457. The monoisotopic (exact) mass is 316 g/mol. The minimum atomic E-state index is 0.854. The fourth-order valence-corrected chi connectivity index (χ4v) is 3.48. The third-order valence-corrected chi connectivity index (χ3v) is 4.93. The Labute approximate surface area is 112 Å². The van der Waals surface area contributed by atoms with Crippen LogP contribution in [-0.2, 0) is 13.1 Å². The van der Waals surface area contributed by atoms with Crippen LogP contribution in [0.15, 0.2) is 15.2 Å². The molecule has 2 heterocycles. The van der Waals surface area contributed by atoms with Gasteiger partial charge in [0.15, 0.2) is 0 Å². The van der Waals surface area contributed by atoms with Crippen molar-refractivity contribution in [1.29, 1.82) is 0 Å². The Morgan fingerprint density at radius 1 is 1.38 bits per heavy atom. The van der Waals surface area contributed by atoms with Crippen molar-refractivity contribution in [3.05, 3.63) is 36.4 Å². The molecule has 0 spiro atoms. The SMILES string of the molecule is Cc1nc(CNCc2csc(Br)c2)sc1C. The lowest BCUT2D eigenvalue weighted by atomic mass is 10.3. The summed E-state index contributed by atoms with van der Waals surface area (Å²) in [6.07, 6.45) is 0. The number of rotatable bonds is 4. The van der Waals surface area contributed by atoms with E-state index in [-0.39, 0.29) is 0 Å². The summed E-state index contributed by atoms with van der Waals surface area (Å²) in [4.78, 5) is 5.81. The van der Waals surface area contributed by atoms with Crippen LogP contribution < -0.4 is 5.32 Å². The van der Waals surface area contributed by atoms with Gasteiger partial charge in [0, 0.05) is 18.0 Å². The summed E-state index contributed by atoms with van der Waals surface area (Å²) < 4.78 is 1.19. The van der Waals surface area contributed by atoms with E-state index in [0.29, 0.717) is 0 Å². The maximum atomic E-state index is 4.50. The first-order valence-electron chi connectivity index (χ1n) is 5.01. The van der Waals surface area contributed by atoms with Crippen LogP contribution in [0.5, 0.6) is 0 Å². The number of halogens is 1. The van der Waals surface area contributed by atoms with Gasteiger partial charge < -0.3 is 5.32 Å². The number of aryl methyl sites for hydroxylation is 2. The molecule has 0 amide bonds. The first-order valence-corrected chi connectivity index (χ1v) is 7.50. The molecule has 0 aliphatic heterocycles. The van der Waals surface area contributed by atoms with Gasteiger partial charge in [-0.15, -0.1) is 22.7 Å². The topological polar surface area (TPSA) is 24.9 Å². The number of nitrogens with zero attached hydrogens (tertiary/aromatic N) is 1. The highest BCUT2D eigenvalue weighted by atomic mass is 79.9. The smallest absolute Gasteiger partial charge is 0.107 e. The van der Waals surface area contributed by atoms with Gasteiger partial charge in [-0.3, -0.25) is 0 Å². The molecular formula is C11H13BrN2S2. The van der Waals surface area contributed by atoms with Crippen LogP contribution in [0.1, 0.15) is 21.1 Å². The van der Waals surface area contributed by atoms with Gasteiger partial charge in [-0.2, -0.15) is 0 Å². The van der Waals surface area contributed by atoms with E-state index >= 15 is 0 Å². The van der Waals surface area contributed by atoms with Crippen molar-refractivity contribution < 1.29 is 0 Å². The number of thiophene rings is 1. The molecule has 86 valence electrons. The van der Waals surface area contributed by atoms with E-state index in [0.717, 1.165) is 18.8 Å². The van der Waals surface area contributed by atoms with Crippen LogP contribution in [0.2, 0.25) is 0 Å². The average Bonchev–Trinajstić information content (AvgIpc) is 2.75. The van der Waals surface area contributed by atoms with E-state index in [1.807, 2.05) is 0 Å². The van der Waals surface area contributed by atoms with E-state index in [4.69, 9.17) is 0 Å². The maximum absolute atomic E-state index is 4.50. The molecule has 2 aromatic rings. The highest BCUT2D eigenvalue weighted by Gasteiger charge is 2.03. The van der Waals surface area contributed by atoms with E-state index in [1.54, 1.807) is 22.7 Å². The molecule has 0 atom stereocenters. The normalized spacial score (nSPS) is 10.9. The van der Waals surface area contributed by atoms with Gasteiger partial charge in [0.2, 0.25) is 0 Å². The fourth-order valence-electron chi connectivity index (χ4n) is 1.37. The van der Waals surface area contributed by atoms with Gasteiger partial charge in [-0.05, 0) is 46.8 Å². The van der Waals surface area contributed by atoms with Crippen molar-refractivity contribution >= 4 is 38.6 Å². The number of hydrogen-bond acceptors (Lipinski definition) is 4. The molecule has 2 nitrogen and oxygen atoms in total. The molecule has 0 unspecified atom stereocenters. The first-order chi connectivity index (χ1) is 7.65. The summed E-state index contributed by atoms with van der Waals surface area (Å²) in [5.74, 6) is 0. The zero-order chi connectivity index (χ0) is 11.5.